The maximum Gasteiger partial charge on any atom is 0.307 e. The molecule has 606 valence electrons. The van der Waals surface area contributed by atoms with Crippen LogP contribution in [-0.4, -0.2) is 123 Å². The van der Waals surface area contributed by atoms with E-state index in [1.54, 1.807) is 11.1 Å². The van der Waals surface area contributed by atoms with E-state index in [0.29, 0.717) is 62.4 Å². The van der Waals surface area contributed by atoms with E-state index in [4.69, 9.17) is 18.9 Å². The van der Waals surface area contributed by atoms with Gasteiger partial charge in [0, 0.05) is 65.2 Å². The van der Waals surface area contributed by atoms with E-state index >= 15 is 0 Å². The minimum absolute atomic E-state index is 0. The van der Waals surface area contributed by atoms with Gasteiger partial charge >= 0.3 is 23.9 Å². The lowest BCUT2D eigenvalue weighted by molar-refractivity contribution is -0.151. The van der Waals surface area contributed by atoms with E-state index in [-0.39, 0.29) is 77.6 Å². The third-order valence-electron chi connectivity index (χ3n) is 25.8. The summed E-state index contributed by atoms with van der Waals surface area (Å²) in [4.78, 5) is 58.2. The Morgan fingerprint density at radius 3 is 1.24 bits per heavy atom. The van der Waals surface area contributed by atoms with Crippen molar-refractivity contribution in [1.29, 1.82) is 0 Å². The number of unbranched alkanes of at least 4 members (excludes halogenated alkanes) is 8. The monoisotopic (exact) mass is 1470 g/mol. The summed E-state index contributed by atoms with van der Waals surface area (Å²) in [5, 5.41) is 0. The van der Waals surface area contributed by atoms with Gasteiger partial charge in [-0.3, -0.25) is 19.2 Å². The third kappa shape index (κ3) is 34.2. The minimum atomic E-state index is -0.232. The maximum absolute atomic E-state index is 13.3. The second-order valence-electron chi connectivity index (χ2n) is 35.9. The van der Waals surface area contributed by atoms with Crippen molar-refractivity contribution in [2.75, 3.05) is 72.6 Å². The fourth-order valence-corrected chi connectivity index (χ4v) is 19.3. The fraction of sp³-hybridized carbons (Fsp3) is 0.830. The molecule has 0 bridgehead atoms. The molecule has 0 spiro atoms. The van der Waals surface area contributed by atoms with Gasteiger partial charge in [-0.05, 0) is 191 Å². The van der Waals surface area contributed by atoms with Crippen molar-refractivity contribution >= 4 is 23.9 Å². The van der Waals surface area contributed by atoms with Gasteiger partial charge in [-0.2, -0.15) is 0 Å². The summed E-state index contributed by atoms with van der Waals surface area (Å²) in [6.45, 7) is 44.8. The molecular weight excluding hydrogens is 1300 g/mol. The number of hydrogen-bond acceptors (Lipinski definition) is 11. The van der Waals surface area contributed by atoms with Crippen molar-refractivity contribution in [3.8, 4) is 0 Å². The fourth-order valence-electron chi connectivity index (χ4n) is 19.3. The van der Waals surface area contributed by atoms with Gasteiger partial charge in [0.15, 0.2) is 0 Å². The van der Waals surface area contributed by atoms with Crippen LogP contribution in [0.3, 0.4) is 0 Å². The quantitative estimate of drug-likeness (QED) is 0.0331. The van der Waals surface area contributed by atoms with E-state index in [0.717, 1.165) is 149 Å². The lowest BCUT2D eigenvalue weighted by Crippen LogP contribution is -2.45. The molecular formula is C94H167N3O8. The van der Waals surface area contributed by atoms with Crippen LogP contribution in [-0.2, 0) is 38.1 Å². The molecule has 0 amide bonds. The molecule has 6 saturated carbocycles. The molecule has 7 fully saturated rings. The maximum atomic E-state index is 13.3. The molecule has 0 radical (unpaired) electrons. The van der Waals surface area contributed by atoms with E-state index in [2.05, 4.69) is 137 Å². The van der Waals surface area contributed by atoms with Crippen LogP contribution < -0.4 is 0 Å². The summed E-state index contributed by atoms with van der Waals surface area (Å²) in [6, 6.07) is 0. The number of ether oxygens (including phenoxy) is 4. The van der Waals surface area contributed by atoms with Gasteiger partial charge in [0.2, 0.25) is 0 Å². The predicted molar refractivity (Wildman–Crippen MR) is 446 cm³/mol. The molecule has 6 aliphatic carbocycles. The Morgan fingerprint density at radius 2 is 0.829 bits per heavy atom. The van der Waals surface area contributed by atoms with Crippen molar-refractivity contribution in [1.82, 2.24) is 14.7 Å². The molecule has 1 aliphatic heterocycles. The van der Waals surface area contributed by atoms with Gasteiger partial charge in [-0.25, -0.2) is 0 Å². The number of rotatable bonds is 42. The van der Waals surface area contributed by atoms with E-state index in [9.17, 15) is 19.2 Å². The first-order chi connectivity index (χ1) is 48.8. The van der Waals surface area contributed by atoms with Crippen LogP contribution >= 0.6 is 0 Å². The summed E-state index contributed by atoms with van der Waals surface area (Å²) >= 11 is 0. The van der Waals surface area contributed by atoms with Crippen molar-refractivity contribution in [3.63, 3.8) is 0 Å². The summed E-state index contributed by atoms with van der Waals surface area (Å²) < 4.78 is 23.2. The largest absolute Gasteiger partial charge is 0.466 e. The molecule has 1 heterocycles. The van der Waals surface area contributed by atoms with E-state index in [1.165, 1.54) is 171 Å². The number of piperazine rings is 1. The second kappa shape index (κ2) is 50.9. The molecule has 11 heteroatoms. The van der Waals surface area contributed by atoms with Crippen LogP contribution in [0.1, 0.15) is 349 Å². The molecule has 0 aromatic carbocycles. The molecule has 0 aromatic rings. The highest BCUT2D eigenvalue weighted by Gasteiger charge is 2.52. The lowest BCUT2D eigenvalue weighted by Gasteiger charge is -2.44. The molecule has 7 aliphatic rings. The normalized spacial score (nSPS) is 26.5. The molecule has 11 nitrogen and oxygen atoms in total. The van der Waals surface area contributed by atoms with Gasteiger partial charge in [-0.1, -0.05) is 268 Å². The highest BCUT2D eigenvalue weighted by Crippen LogP contribution is 2.61. The van der Waals surface area contributed by atoms with Crippen LogP contribution in [0.5, 0.6) is 0 Å². The SMILES string of the molecule is C.C.C.C=C1CC[C@H](OC(=O)CCN(CCC(=O)OCCCCCCCC(C)C)CCC(=O)OCCCCCCCC(C)C)C/C1=C\C=C1/CCC[C@@]2(C)C1CC[C@@H]2[C@H](C)CCCC(C)C.C=C1CC[C@H](OC(=O)CCN2CCN(C)CC2)C/C1=C\C=C1/CCC[C@@]2(C)C1CC[C@@H]2[C@H](C)CCCC(C)C. The number of carbonyl (C=O) groups is 4. The Bertz CT molecular complexity index is 2600. The standard InChI is InChI=1S/C56H97NO6.C35H58N2O2.3CH4/c1-43(2)22-16-12-10-14-18-40-61-53(58)33-37-57(38-34-54(59)62-41-19-15-11-13-17-23-44(3)4)39-35-55(60)63-50-30-27-46(7)49(42-50)29-28-48-26-21-36-56(9)51(31-32-52(48)56)47(8)25-20-24-45(5)6;1-26(2)9-7-10-28(4)32-16-17-33-29(11-8-19-35(32,33)5)13-14-30-25-31(15-12-27(30)3)39-34(38)18-20-37-23-21-36(6)22-24-37;;;/h28-29,43-45,47,50-52H,7,10-27,30-42H2,1-6,8-9H3;13-14,26,28,31-33H,3,7-12,15-25H2,1-2,4-6H3;3*1H4/b48-28+,49-29+;29-13+,30-14+;;;/t47-,50+,51-,52?,56-;28-,31+,32-,33?,35-;;;/m11.../s1. The average Bonchev–Trinajstić information content (AvgIpc) is 1.63. The van der Waals surface area contributed by atoms with Crippen LogP contribution in [0, 0.1) is 70.0 Å². The average molecular weight is 1470 g/mol. The van der Waals surface area contributed by atoms with E-state index in [1.807, 2.05) is 4.90 Å². The van der Waals surface area contributed by atoms with Crippen LogP contribution in [0.2, 0.25) is 0 Å². The number of carbonyl (C=O) groups excluding carboxylic acids is 4. The number of allylic oxidation sites excluding steroid dienone is 8. The molecule has 0 N–H and O–H groups in total. The molecule has 2 unspecified atom stereocenters. The van der Waals surface area contributed by atoms with Gasteiger partial charge < -0.3 is 33.6 Å². The van der Waals surface area contributed by atoms with Gasteiger partial charge in [0.05, 0.1) is 38.9 Å². The number of esters is 4. The van der Waals surface area contributed by atoms with Crippen LogP contribution in [0.25, 0.3) is 0 Å². The molecule has 10 atom stereocenters. The zero-order valence-corrected chi connectivity index (χ0v) is 68.2. The Balaban J connectivity index is 0.000000584. The smallest absolute Gasteiger partial charge is 0.307 e. The van der Waals surface area contributed by atoms with Gasteiger partial charge in [-0.15, -0.1) is 0 Å². The summed E-state index contributed by atoms with van der Waals surface area (Å²) in [7, 11) is 2.16. The first kappa shape index (κ1) is 95.4. The van der Waals surface area contributed by atoms with Crippen molar-refractivity contribution in [2.24, 2.45) is 70.0 Å². The first-order valence-corrected chi connectivity index (χ1v) is 42.8. The van der Waals surface area contributed by atoms with Crippen molar-refractivity contribution < 1.29 is 38.1 Å². The summed E-state index contributed by atoms with van der Waals surface area (Å²) in [5.74, 6) is 7.08. The second-order valence-corrected chi connectivity index (χ2v) is 35.9. The number of fused-ring (bicyclic) bond motifs is 2. The molecule has 0 aromatic heterocycles. The number of hydrogen-bond donors (Lipinski definition) is 0. The van der Waals surface area contributed by atoms with Crippen LogP contribution in [0.4, 0.5) is 0 Å². The number of nitrogens with zero attached hydrogens (tertiary/aromatic N) is 3. The van der Waals surface area contributed by atoms with Gasteiger partial charge in [0.1, 0.15) is 12.2 Å². The zero-order valence-electron chi connectivity index (χ0n) is 68.2. The molecule has 7 rings (SSSR count). The predicted octanol–water partition coefficient (Wildman–Crippen LogP) is 24.4. The van der Waals surface area contributed by atoms with E-state index < -0.39 is 0 Å². The Hall–Kier alpha value is -3.80. The summed E-state index contributed by atoms with van der Waals surface area (Å²) in [6.07, 6.45) is 50.7. The zero-order chi connectivity index (χ0) is 74.0. The first-order valence-electron chi connectivity index (χ1n) is 42.8. The minimum Gasteiger partial charge on any atom is -0.466 e. The van der Waals surface area contributed by atoms with Crippen molar-refractivity contribution in [3.05, 3.63) is 70.9 Å². The Labute approximate surface area is 648 Å². The van der Waals surface area contributed by atoms with Gasteiger partial charge in [0.25, 0.3) is 0 Å². The third-order valence-corrected chi connectivity index (χ3v) is 25.8. The summed E-state index contributed by atoms with van der Waals surface area (Å²) in [5.41, 5.74) is 9.06. The molecule has 105 heavy (non-hydrogen) atoms. The Morgan fingerprint density at radius 1 is 0.457 bits per heavy atom. The lowest BCUT2D eigenvalue weighted by atomic mass is 9.60. The number of likely N-dealkylation sites (N-methyl/N-ethyl adjacent to an activating group) is 1. The topological polar surface area (TPSA) is 115 Å². The molecule has 1 saturated heterocycles. The highest BCUT2D eigenvalue weighted by molar-refractivity contribution is 5.71. The van der Waals surface area contributed by atoms with Crippen LogP contribution in [0.15, 0.2) is 70.9 Å². The van der Waals surface area contributed by atoms with Crippen molar-refractivity contribution in [2.45, 2.75) is 362 Å². The highest BCUT2D eigenvalue weighted by atomic mass is 16.6. The Kier molecular flexibility index (Phi) is 46.2.